The molecule has 168 valence electrons. The quantitative estimate of drug-likeness (QED) is 0.424. The van der Waals surface area contributed by atoms with Crippen molar-refractivity contribution < 1.29 is 27.5 Å². The van der Waals surface area contributed by atoms with E-state index in [-0.39, 0.29) is 26.7 Å². The highest BCUT2D eigenvalue weighted by Gasteiger charge is 2.42. The van der Waals surface area contributed by atoms with E-state index in [0.29, 0.717) is 4.31 Å². The molecule has 0 saturated carbocycles. The van der Waals surface area contributed by atoms with Gasteiger partial charge in [0.1, 0.15) is 18.1 Å². The van der Waals surface area contributed by atoms with Gasteiger partial charge in [0.15, 0.2) is 5.76 Å². The number of rotatable bonds is 4. The number of halogens is 2. The molecule has 2 N–H and O–H groups in total. The zero-order valence-corrected chi connectivity index (χ0v) is 18.4. The van der Waals surface area contributed by atoms with Crippen LogP contribution < -0.4 is 5.32 Å². The van der Waals surface area contributed by atoms with Crippen LogP contribution in [-0.2, 0) is 14.8 Å². The minimum absolute atomic E-state index is 0.00541. The van der Waals surface area contributed by atoms with Crippen molar-refractivity contribution in [2.45, 2.75) is 4.90 Å². The van der Waals surface area contributed by atoms with Crippen LogP contribution in [0.4, 0.5) is 10.1 Å². The number of sulfonamides is 1. The van der Waals surface area contributed by atoms with E-state index >= 15 is 0 Å². The van der Waals surface area contributed by atoms with E-state index in [1.165, 1.54) is 42.5 Å². The largest absolute Gasteiger partial charge is 0.505 e. The molecule has 0 aliphatic carbocycles. The number of anilines is 1. The molecule has 1 aliphatic heterocycles. The molecule has 10 heteroatoms. The topological polar surface area (TPSA) is 104 Å². The van der Waals surface area contributed by atoms with Gasteiger partial charge < -0.3 is 10.4 Å². The summed E-state index contributed by atoms with van der Waals surface area (Å²) < 4.78 is 40.6. The summed E-state index contributed by atoms with van der Waals surface area (Å²) in [5.41, 5.74) is -0.511. The first-order chi connectivity index (χ1) is 15.7. The van der Waals surface area contributed by atoms with Crippen molar-refractivity contribution in [3.8, 4) is 0 Å². The third-order valence-electron chi connectivity index (χ3n) is 4.94. The van der Waals surface area contributed by atoms with E-state index < -0.39 is 45.5 Å². The number of Topliss-reactive ketones (excluding diaryl/α,β-unsaturated/α-hetero) is 1. The highest BCUT2D eigenvalue weighted by molar-refractivity contribution is 7.89. The molecule has 0 unspecified atom stereocenters. The SMILES string of the molecule is O=C(CN1C(=C(O)c2ccc(F)cc2)C(=O)c2ccccc2S1(=O)=O)Nc1ccccc1Cl. The number of para-hydroxylation sites is 1. The standard InChI is InChI=1S/C23H16ClFN2O5S/c24-17-6-2-3-7-18(17)26-20(28)13-27-21(22(29)14-9-11-15(25)12-10-14)23(30)16-5-1-4-8-19(16)33(27,31)32/h1-12,29H,13H2,(H,26,28). The molecule has 4 rings (SSSR count). The molecular formula is C23H16ClFN2O5S. The molecular weight excluding hydrogens is 471 g/mol. The summed E-state index contributed by atoms with van der Waals surface area (Å²) in [5.74, 6) is -2.87. The summed E-state index contributed by atoms with van der Waals surface area (Å²) in [7, 11) is -4.40. The lowest BCUT2D eigenvalue weighted by atomic mass is 10.0. The monoisotopic (exact) mass is 486 g/mol. The Bertz CT molecular complexity index is 1400. The van der Waals surface area contributed by atoms with Gasteiger partial charge in [0.05, 0.1) is 15.6 Å². The number of ketones is 1. The maximum atomic E-state index is 13.4. The minimum Gasteiger partial charge on any atom is -0.505 e. The van der Waals surface area contributed by atoms with Crippen molar-refractivity contribution in [2.75, 3.05) is 11.9 Å². The molecule has 0 atom stereocenters. The van der Waals surface area contributed by atoms with Gasteiger partial charge >= 0.3 is 0 Å². The third-order valence-corrected chi connectivity index (χ3v) is 7.07. The molecule has 0 saturated heterocycles. The van der Waals surface area contributed by atoms with Gasteiger partial charge in [-0.3, -0.25) is 9.59 Å². The Morgan fingerprint density at radius 2 is 1.64 bits per heavy atom. The van der Waals surface area contributed by atoms with Crippen LogP contribution >= 0.6 is 11.6 Å². The van der Waals surface area contributed by atoms with Gasteiger partial charge in [-0.1, -0.05) is 35.9 Å². The van der Waals surface area contributed by atoms with Gasteiger partial charge in [0.2, 0.25) is 11.7 Å². The molecule has 1 heterocycles. The van der Waals surface area contributed by atoms with Crippen LogP contribution in [-0.4, -0.2) is 36.1 Å². The minimum atomic E-state index is -4.40. The average molecular weight is 487 g/mol. The van der Waals surface area contributed by atoms with Gasteiger partial charge in [-0.25, -0.2) is 17.1 Å². The molecule has 1 aliphatic rings. The zero-order chi connectivity index (χ0) is 23.8. The number of nitrogens with zero attached hydrogens (tertiary/aromatic N) is 1. The number of hydrogen-bond acceptors (Lipinski definition) is 5. The fraction of sp³-hybridized carbons (Fsp3) is 0.0435. The Morgan fingerprint density at radius 1 is 1.00 bits per heavy atom. The van der Waals surface area contributed by atoms with E-state index in [0.717, 1.165) is 12.1 Å². The first kappa shape index (κ1) is 22.5. The number of hydrogen-bond donors (Lipinski definition) is 2. The van der Waals surface area contributed by atoms with Crippen molar-refractivity contribution in [1.82, 2.24) is 4.31 Å². The van der Waals surface area contributed by atoms with Crippen LogP contribution in [0.25, 0.3) is 5.76 Å². The Labute approximate surface area is 193 Å². The van der Waals surface area contributed by atoms with Crippen molar-refractivity contribution in [2.24, 2.45) is 0 Å². The summed E-state index contributed by atoms with van der Waals surface area (Å²) in [5, 5.41) is 13.6. The first-order valence-electron chi connectivity index (χ1n) is 9.60. The first-order valence-corrected chi connectivity index (χ1v) is 11.4. The maximum absolute atomic E-state index is 13.4. The smallest absolute Gasteiger partial charge is 0.265 e. The van der Waals surface area contributed by atoms with Crippen LogP contribution in [0.15, 0.2) is 83.4 Å². The number of allylic oxidation sites excluding steroid dienone is 1. The van der Waals surface area contributed by atoms with Crippen LogP contribution in [0.2, 0.25) is 5.02 Å². The predicted molar refractivity (Wildman–Crippen MR) is 121 cm³/mol. The normalized spacial score (nSPS) is 16.2. The number of benzene rings is 3. The molecule has 0 spiro atoms. The van der Waals surface area contributed by atoms with E-state index in [4.69, 9.17) is 11.6 Å². The molecule has 0 fully saturated rings. The number of aliphatic hydroxyl groups excluding tert-OH is 1. The van der Waals surface area contributed by atoms with Gasteiger partial charge in [-0.05, 0) is 48.5 Å². The van der Waals surface area contributed by atoms with Crippen molar-refractivity contribution in [3.05, 3.63) is 100 Å². The molecule has 0 radical (unpaired) electrons. The Morgan fingerprint density at radius 3 is 2.33 bits per heavy atom. The van der Waals surface area contributed by atoms with E-state index in [2.05, 4.69) is 5.32 Å². The lowest BCUT2D eigenvalue weighted by molar-refractivity contribution is -0.116. The zero-order valence-electron chi connectivity index (χ0n) is 16.8. The molecule has 7 nitrogen and oxygen atoms in total. The molecule has 0 bridgehead atoms. The Kier molecular flexibility index (Phi) is 5.92. The Balaban J connectivity index is 1.83. The van der Waals surface area contributed by atoms with Gasteiger partial charge in [-0.15, -0.1) is 0 Å². The highest BCUT2D eigenvalue weighted by atomic mass is 35.5. The summed E-state index contributed by atoms with van der Waals surface area (Å²) >= 11 is 6.05. The summed E-state index contributed by atoms with van der Waals surface area (Å²) in [6.45, 7) is -0.811. The van der Waals surface area contributed by atoms with Crippen LogP contribution in [0, 0.1) is 5.82 Å². The molecule has 1 amide bonds. The van der Waals surface area contributed by atoms with E-state index in [9.17, 15) is 27.5 Å². The summed E-state index contributed by atoms with van der Waals surface area (Å²) in [4.78, 5) is 25.7. The van der Waals surface area contributed by atoms with Crippen molar-refractivity contribution in [3.63, 3.8) is 0 Å². The average Bonchev–Trinajstić information content (AvgIpc) is 2.79. The maximum Gasteiger partial charge on any atom is 0.265 e. The summed E-state index contributed by atoms with van der Waals surface area (Å²) in [6, 6.07) is 16.3. The third kappa shape index (κ3) is 4.20. The molecule has 3 aromatic carbocycles. The van der Waals surface area contributed by atoms with Crippen molar-refractivity contribution >= 4 is 44.8 Å². The van der Waals surface area contributed by atoms with E-state index in [1.807, 2.05) is 0 Å². The van der Waals surface area contributed by atoms with Crippen molar-refractivity contribution in [1.29, 1.82) is 0 Å². The fourth-order valence-electron chi connectivity index (χ4n) is 3.38. The lowest BCUT2D eigenvalue weighted by Crippen LogP contribution is -2.43. The number of carbonyl (C=O) groups excluding carboxylic acids is 2. The fourth-order valence-corrected chi connectivity index (χ4v) is 5.18. The van der Waals surface area contributed by atoms with Crippen LogP contribution in [0.5, 0.6) is 0 Å². The predicted octanol–water partition coefficient (Wildman–Crippen LogP) is 4.23. The van der Waals surface area contributed by atoms with Gasteiger partial charge in [0, 0.05) is 11.1 Å². The van der Waals surface area contributed by atoms with Crippen LogP contribution in [0.1, 0.15) is 15.9 Å². The molecule has 3 aromatic rings. The molecule has 33 heavy (non-hydrogen) atoms. The highest BCUT2D eigenvalue weighted by Crippen LogP contribution is 2.35. The number of amides is 1. The Hall–Kier alpha value is -3.69. The van der Waals surface area contributed by atoms with Gasteiger partial charge in [0.25, 0.3) is 10.0 Å². The van der Waals surface area contributed by atoms with Gasteiger partial charge in [-0.2, -0.15) is 0 Å². The second-order valence-corrected chi connectivity index (χ2v) is 9.31. The van der Waals surface area contributed by atoms with E-state index in [1.54, 1.807) is 18.2 Å². The lowest BCUT2D eigenvalue weighted by Gasteiger charge is -2.31. The second kappa shape index (κ2) is 8.68. The second-order valence-electron chi connectivity index (χ2n) is 7.07. The number of fused-ring (bicyclic) bond motifs is 1. The van der Waals surface area contributed by atoms with Crippen LogP contribution in [0.3, 0.4) is 0 Å². The summed E-state index contributed by atoms with van der Waals surface area (Å²) in [6.07, 6.45) is 0. The number of aliphatic hydroxyl groups is 1. The number of nitrogens with one attached hydrogen (secondary N) is 1. The molecule has 0 aromatic heterocycles. The number of carbonyl (C=O) groups is 2.